The minimum atomic E-state index is -0.264. The summed E-state index contributed by atoms with van der Waals surface area (Å²) in [6, 6.07) is 9.58. The first-order chi connectivity index (χ1) is 7.75. The summed E-state index contributed by atoms with van der Waals surface area (Å²) in [7, 11) is 0. The molecule has 1 aliphatic carbocycles. The van der Waals surface area contributed by atoms with Crippen molar-refractivity contribution in [2.24, 2.45) is 5.92 Å². The maximum absolute atomic E-state index is 11.8. The molecule has 1 saturated heterocycles. The highest BCUT2D eigenvalue weighted by Gasteiger charge is 2.44. The number of nitrogens with zero attached hydrogens (tertiary/aromatic N) is 1. The molecule has 0 bridgehead atoms. The van der Waals surface area contributed by atoms with Crippen LogP contribution >= 0.6 is 0 Å². The van der Waals surface area contributed by atoms with Crippen LogP contribution in [0, 0.1) is 5.92 Å². The Balaban J connectivity index is 1.77. The second-order valence-corrected chi connectivity index (χ2v) is 3.95. The Morgan fingerprint density at radius 1 is 1.19 bits per heavy atom. The zero-order valence-electron chi connectivity index (χ0n) is 8.51. The van der Waals surface area contributed by atoms with Crippen LogP contribution in [0.15, 0.2) is 42.0 Å². The first-order valence-electron chi connectivity index (χ1n) is 5.14. The van der Waals surface area contributed by atoms with Gasteiger partial charge in [-0.3, -0.25) is 15.0 Å². The van der Waals surface area contributed by atoms with Gasteiger partial charge in [0.15, 0.2) is 0 Å². The highest BCUT2D eigenvalue weighted by atomic mass is 16.2. The summed E-state index contributed by atoms with van der Waals surface area (Å²) < 4.78 is 0. The lowest BCUT2D eigenvalue weighted by Crippen LogP contribution is -2.50. The van der Waals surface area contributed by atoms with Gasteiger partial charge in [-0.15, -0.1) is 0 Å². The van der Waals surface area contributed by atoms with E-state index in [2.05, 4.69) is 5.43 Å². The standard InChI is InChI=1S/C12H10N2O2/c15-11-9-6-10(9)12(16)14(13-11)7-8-4-2-1-3-5-8/h1-6,9H,7H2,(H,13,15). The molecule has 2 aliphatic rings. The lowest BCUT2D eigenvalue weighted by molar-refractivity contribution is -0.143. The SMILES string of the molecule is O=C1NN(Cc2ccccc2)C(=O)C2=CC12. The molecule has 2 amide bonds. The van der Waals surface area contributed by atoms with Crippen molar-refractivity contribution < 1.29 is 9.59 Å². The zero-order valence-corrected chi connectivity index (χ0v) is 8.51. The molecule has 0 spiro atoms. The summed E-state index contributed by atoms with van der Waals surface area (Å²) in [5.74, 6) is -0.460. The minimum Gasteiger partial charge on any atom is -0.272 e. The Labute approximate surface area is 92.5 Å². The monoisotopic (exact) mass is 214 g/mol. The smallest absolute Gasteiger partial charge is 0.269 e. The molecule has 0 saturated carbocycles. The van der Waals surface area contributed by atoms with Crippen LogP contribution in [-0.2, 0) is 16.1 Å². The summed E-state index contributed by atoms with van der Waals surface area (Å²) in [6.07, 6.45) is 1.70. The molecule has 1 aromatic carbocycles. The van der Waals surface area contributed by atoms with Crippen molar-refractivity contribution in [3.63, 3.8) is 0 Å². The number of hydrazine groups is 1. The fraction of sp³-hybridized carbons (Fsp3) is 0.167. The summed E-state index contributed by atoms with van der Waals surface area (Å²) in [5, 5.41) is 1.37. The third-order valence-corrected chi connectivity index (χ3v) is 2.78. The lowest BCUT2D eigenvalue weighted by Gasteiger charge is -2.26. The van der Waals surface area contributed by atoms with Gasteiger partial charge in [0.1, 0.15) is 0 Å². The van der Waals surface area contributed by atoms with Crippen LogP contribution in [0.1, 0.15) is 5.56 Å². The molecule has 1 N–H and O–H groups in total. The normalized spacial score (nSPS) is 22.4. The largest absolute Gasteiger partial charge is 0.272 e. The molecule has 1 atom stereocenters. The number of carbonyl (C=O) groups excluding carboxylic acids is 2. The number of hydrogen-bond acceptors (Lipinski definition) is 2. The average Bonchev–Trinajstić information content (AvgIpc) is 3.07. The van der Waals surface area contributed by atoms with E-state index >= 15 is 0 Å². The topological polar surface area (TPSA) is 49.4 Å². The van der Waals surface area contributed by atoms with Gasteiger partial charge in [0.2, 0.25) is 5.91 Å². The van der Waals surface area contributed by atoms with Crippen LogP contribution < -0.4 is 5.43 Å². The number of benzene rings is 1. The van der Waals surface area contributed by atoms with E-state index in [4.69, 9.17) is 0 Å². The van der Waals surface area contributed by atoms with Crippen molar-refractivity contribution in [2.75, 3.05) is 0 Å². The maximum Gasteiger partial charge on any atom is 0.269 e. The van der Waals surface area contributed by atoms with Crippen molar-refractivity contribution in [3.8, 4) is 0 Å². The van der Waals surface area contributed by atoms with Gasteiger partial charge >= 0.3 is 0 Å². The Morgan fingerprint density at radius 3 is 2.69 bits per heavy atom. The quantitative estimate of drug-likeness (QED) is 0.784. The van der Waals surface area contributed by atoms with Gasteiger partial charge in [-0.2, -0.15) is 0 Å². The molecule has 1 aromatic rings. The van der Waals surface area contributed by atoms with E-state index in [1.54, 1.807) is 6.08 Å². The van der Waals surface area contributed by atoms with Crippen LogP contribution in [0.3, 0.4) is 0 Å². The van der Waals surface area contributed by atoms with E-state index < -0.39 is 0 Å². The highest BCUT2D eigenvalue weighted by molar-refractivity contribution is 6.10. The van der Waals surface area contributed by atoms with Crippen molar-refractivity contribution in [2.45, 2.75) is 6.54 Å². The van der Waals surface area contributed by atoms with E-state index in [9.17, 15) is 9.59 Å². The second kappa shape index (κ2) is 3.20. The molecule has 80 valence electrons. The molecule has 4 heteroatoms. The molecule has 1 fully saturated rings. The van der Waals surface area contributed by atoms with E-state index in [0.717, 1.165) is 5.56 Å². The predicted molar refractivity (Wildman–Crippen MR) is 56.7 cm³/mol. The van der Waals surface area contributed by atoms with E-state index in [-0.39, 0.29) is 17.7 Å². The molecule has 1 aliphatic heterocycles. The first-order valence-corrected chi connectivity index (χ1v) is 5.14. The average molecular weight is 214 g/mol. The maximum atomic E-state index is 11.8. The van der Waals surface area contributed by atoms with Crippen LogP contribution in [0.25, 0.3) is 0 Å². The number of fused-ring (bicyclic) bond motifs is 1. The highest BCUT2D eigenvalue weighted by Crippen LogP contribution is 2.33. The molecule has 16 heavy (non-hydrogen) atoms. The summed E-state index contributed by atoms with van der Waals surface area (Å²) in [6.45, 7) is 0.412. The molecular formula is C12H10N2O2. The number of hydrogen-bond donors (Lipinski definition) is 1. The van der Waals surface area contributed by atoms with Crippen molar-refractivity contribution in [3.05, 3.63) is 47.5 Å². The molecule has 0 radical (unpaired) electrons. The van der Waals surface area contributed by atoms with Crippen LogP contribution in [0.4, 0.5) is 0 Å². The summed E-state index contributed by atoms with van der Waals surface area (Å²) in [4.78, 5) is 23.2. The fourth-order valence-electron chi connectivity index (χ4n) is 1.84. The zero-order chi connectivity index (χ0) is 11.1. The van der Waals surface area contributed by atoms with Gasteiger partial charge in [0, 0.05) is 5.57 Å². The first kappa shape index (κ1) is 9.15. The molecule has 1 unspecified atom stereocenters. The fourth-order valence-corrected chi connectivity index (χ4v) is 1.84. The number of carbonyl (C=O) groups is 2. The van der Waals surface area contributed by atoms with Crippen LogP contribution in [0.5, 0.6) is 0 Å². The van der Waals surface area contributed by atoms with Crippen LogP contribution in [-0.4, -0.2) is 16.8 Å². The predicted octanol–water partition coefficient (Wildman–Crippen LogP) is 0.616. The number of rotatable bonds is 2. The Kier molecular flexibility index (Phi) is 1.83. The van der Waals surface area contributed by atoms with Gasteiger partial charge in [0.05, 0.1) is 12.5 Å². The molecule has 0 aromatic heterocycles. The van der Waals surface area contributed by atoms with Crippen molar-refractivity contribution >= 4 is 11.8 Å². The Bertz CT molecular complexity index is 493. The summed E-state index contributed by atoms with van der Waals surface area (Å²) in [5.41, 5.74) is 4.22. The summed E-state index contributed by atoms with van der Waals surface area (Å²) >= 11 is 0. The van der Waals surface area contributed by atoms with E-state index in [1.807, 2.05) is 30.3 Å². The molecule has 3 rings (SSSR count). The van der Waals surface area contributed by atoms with E-state index in [0.29, 0.717) is 12.1 Å². The van der Waals surface area contributed by atoms with Crippen molar-refractivity contribution in [1.82, 2.24) is 10.4 Å². The van der Waals surface area contributed by atoms with Gasteiger partial charge in [-0.05, 0) is 5.56 Å². The Morgan fingerprint density at radius 2 is 1.94 bits per heavy atom. The number of nitrogens with one attached hydrogen (secondary N) is 1. The van der Waals surface area contributed by atoms with Crippen molar-refractivity contribution in [1.29, 1.82) is 0 Å². The molecular weight excluding hydrogens is 204 g/mol. The van der Waals surface area contributed by atoms with Crippen LogP contribution in [0.2, 0.25) is 0 Å². The molecule has 1 heterocycles. The van der Waals surface area contributed by atoms with Gasteiger partial charge < -0.3 is 0 Å². The molecule has 4 nitrogen and oxygen atoms in total. The van der Waals surface area contributed by atoms with Gasteiger partial charge in [0.25, 0.3) is 5.91 Å². The number of amides is 2. The Hall–Kier alpha value is -2.10. The third-order valence-electron chi connectivity index (χ3n) is 2.78. The lowest BCUT2D eigenvalue weighted by atomic mass is 10.2. The third kappa shape index (κ3) is 1.39. The van der Waals surface area contributed by atoms with Gasteiger partial charge in [-0.1, -0.05) is 36.4 Å². The van der Waals surface area contributed by atoms with E-state index in [1.165, 1.54) is 5.01 Å². The second-order valence-electron chi connectivity index (χ2n) is 3.95. The van der Waals surface area contributed by atoms with Gasteiger partial charge in [-0.25, -0.2) is 5.01 Å². The minimum absolute atomic E-state index is 0.0894.